The van der Waals surface area contributed by atoms with Crippen LogP contribution in [0.3, 0.4) is 0 Å². The van der Waals surface area contributed by atoms with Crippen molar-refractivity contribution in [3.63, 3.8) is 0 Å². The highest BCUT2D eigenvalue weighted by Gasteiger charge is 2.51. The van der Waals surface area contributed by atoms with Gasteiger partial charge in [-0.1, -0.05) is 20.8 Å². The Bertz CT molecular complexity index is 228. The summed E-state index contributed by atoms with van der Waals surface area (Å²) in [6.45, 7) is 11.8. The largest absolute Gasteiger partial charge is 0.292 e. The lowest BCUT2D eigenvalue weighted by Crippen LogP contribution is -2.49. The molecule has 2 atom stereocenters. The van der Waals surface area contributed by atoms with Gasteiger partial charge in [0.2, 0.25) is 0 Å². The molecule has 1 heterocycles. The molecule has 0 N–H and O–H groups in total. The third kappa shape index (κ3) is 2.73. The maximum Gasteiger partial charge on any atom is 0.153 e. The number of rotatable bonds is 1. The highest BCUT2D eigenvalue weighted by atomic mass is 19.2. The van der Waals surface area contributed by atoms with E-state index in [1.54, 1.807) is 0 Å². The molecule has 0 amide bonds. The zero-order valence-electron chi connectivity index (χ0n) is 11.4. The molecule has 0 bridgehead atoms. The van der Waals surface area contributed by atoms with E-state index in [1.165, 1.54) is 0 Å². The van der Waals surface area contributed by atoms with E-state index in [0.29, 0.717) is 6.42 Å². The highest BCUT2D eigenvalue weighted by Crippen LogP contribution is 2.42. The van der Waals surface area contributed by atoms with Crippen molar-refractivity contribution in [3.05, 3.63) is 0 Å². The average molecular weight is 233 g/mol. The summed E-state index contributed by atoms with van der Waals surface area (Å²) in [5, 5.41) is 0. The molecule has 1 aliphatic heterocycles. The second kappa shape index (κ2) is 3.94. The smallest absolute Gasteiger partial charge is 0.153 e. The van der Waals surface area contributed by atoms with Crippen molar-refractivity contribution in [2.24, 2.45) is 5.41 Å². The molecule has 16 heavy (non-hydrogen) atoms. The number of alkyl halides is 2. The zero-order valence-corrected chi connectivity index (χ0v) is 11.4. The molecular weight excluding hydrogens is 208 g/mol. The molecule has 1 nitrogen and oxygen atoms in total. The summed E-state index contributed by atoms with van der Waals surface area (Å²) in [7, 11) is 0. The van der Waals surface area contributed by atoms with E-state index in [4.69, 9.17) is 0 Å². The second-order valence-corrected chi connectivity index (χ2v) is 7.17. The van der Waals surface area contributed by atoms with Gasteiger partial charge in [-0.3, -0.25) is 4.90 Å². The predicted molar refractivity (Wildman–Crippen MR) is 64.1 cm³/mol. The van der Waals surface area contributed by atoms with Crippen LogP contribution in [-0.2, 0) is 0 Å². The van der Waals surface area contributed by atoms with Gasteiger partial charge in [0, 0.05) is 24.5 Å². The van der Waals surface area contributed by atoms with Gasteiger partial charge in [-0.05, 0) is 26.2 Å². The van der Waals surface area contributed by atoms with Crippen molar-refractivity contribution in [2.45, 2.75) is 65.2 Å². The van der Waals surface area contributed by atoms with Crippen molar-refractivity contribution < 1.29 is 8.78 Å². The van der Waals surface area contributed by atoms with Crippen LogP contribution in [-0.4, -0.2) is 35.4 Å². The van der Waals surface area contributed by atoms with E-state index in [0.717, 1.165) is 0 Å². The summed E-state index contributed by atoms with van der Waals surface area (Å²) < 4.78 is 27.0. The SMILES string of the molecule is CC(C)(C)C1C[C@](F)(CF)CN1C(C)(C)C. The van der Waals surface area contributed by atoms with Crippen molar-refractivity contribution in [3.8, 4) is 0 Å². The first-order valence-electron chi connectivity index (χ1n) is 6.01. The van der Waals surface area contributed by atoms with Gasteiger partial charge in [-0.25, -0.2) is 8.78 Å². The third-order valence-corrected chi connectivity index (χ3v) is 3.49. The van der Waals surface area contributed by atoms with Crippen LogP contribution in [0.4, 0.5) is 8.78 Å². The summed E-state index contributed by atoms with van der Waals surface area (Å²) in [5.74, 6) is 0. The van der Waals surface area contributed by atoms with E-state index >= 15 is 0 Å². The molecule has 1 rings (SSSR count). The number of likely N-dealkylation sites (tertiary alicyclic amines) is 1. The molecule has 96 valence electrons. The van der Waals surface area contributed by atoms with Crippen LogP contribution < -0.4 is 0 Å². The molecule has 0 aromatic heterocycles. The Morgan fingerprint density at radius 1 is 1.19 bits per heavy atom. The van der Waals surface area contributed by atoms with E-state index in [9.17, 15) is 8.78 Å². The molecule has 1 aliphatic rings. The molecule has 3 heteroatoms. The van der Waals surface area contributed by atoms with Crippen LogP contribution in [0.25, 0.3) is 0 Å². The summed E-state index contributed by atoms with van der Waals surface area (Å²) in [6.07, 6.45) is 0.310. The van der Waals surface area contributed by atoms with Crippen LogP contribution in [0.15, 0.2) is 0 Å². The van der Waals surface area contributed by atoms with E-state index in [-0.39, 0.29) is 23.5 Å². The van der Waals surface area contributed by atoms with Crippen LogP contribution in [0.1, 0.15) is 48.0 Å². The van der Waals surface area contributed by atoms with Gasteiger partial charge in [0.1, 0.15) is 6.67 Å². The molecule has 0 saturated carbocycles. The van der Waals surface area contributed by atoms with Crippen molar-refractivity contribution in [1.29, 1.82) is 0 Å². The van der Waals surface area contributed by atoms with Gasteiger partial charge in [0.25, 0.3) is 0 Å². The molecule has 0 aromatic rings. The Balaban J connectivity index is 2.98. The Labute approximate surface area is 98.2 Å². The average Bonchev–Trinajstić information content (AvgIpc) is 2.43. The monoisotopic (exact) mass is 233 g/mol. The van der Waals surface area contributed by atoms with E-state index < -0.39 is 12.3 Å². The molecule has 1 unspecified atom stereocenters. The topological polar surface area (TPSA) is 3.24 Å². The fourth-order valence-electron chi connectivity index (χ4n) is 2.51. The number of hydrogen-bond donors (Lipinski definition) is 0. The zero-order chi connectivity index (χ0) is 12.8. The molecular formula is C13H25F2N. The minimum absolute atomic E-state index is 0.0176. The summed E-state index contributed by atoms with van der Waals surface area (Å²) in [4.78, 5) is 2.12. The molecule has 0 radical (unpaired) electrons. The van der Waals surface area contributed by atoms with E-state index in [2.05, 4.69) is 46.4 Å². The maximum atomic E-state index is 14.2. The first-order chi connectivity index (χ1) is 6.99. The normalized spacial score (nSPS) is 33.4. The van der Waals surface area contributed by atoms with Crippen LogP contribution in [0.2, 0.25) is 0 Å². The predicted octanol–water partition coefficient (Wildman–Crippen LogP) is 3.58. The lowest BCUT2D eigenvalue weighted by Gasteiger charge is -2.42. The van der Waals surface area contributed by atoms with E-state index in [1.807, 2.05) is 0 Å². The highest BCUT2D eigenvalue weighted by molar-refractivity contribution is 5.04. The minimum atomic E-state index is -1.65. The van der Waals surface area contributed by atoms with Gasteiger partial charge in [0.05, 0.1) is 0 Å². The van der Waals surface area contributed by atoms with Crippen molar-refractivity contribution >= 4 is 0 Å². The fraction of sp³-hybridized carbons (Fsp3) is 1.00. The maximum absolute atomic E-state index is 14.2. The van der Waals surface area contributed by atoms with Gasteiger partial charge >= 0.3 is 0 Å². The first-order valence-corrected chi connectivity index (χ1v) is 6.01. The Kier molecular flexibility index (Phi) is 3.41. The molecule has 1 saturated heterocycles. The molecule has 0 spiro atoms. The second-order valence-electron chi connectivity index (χ2n) is 7.17. The molecule has 0 aliphatic carbocycles. The van der Waals surface area contributed by atoms with Crippen LogP contribution >= 0.6 is 0 Å². The fourth-order valence-corrected chi connectivity index (χ4v) is 2.51. The summed E-state index contributed by atoms with van der Waals surface area (Å²) in [6, 6.07) is 0.105. The first kappa shape index (κ1) is 13.9. The minimum Gasteiger partial charge on any atom is -0.292 e. The third-order valence-electron chi connectivity index (χ3n) is 3.49. The van der Waals surface area contributed by atoms with Gasteiger partial charge in [-0.15, -0.1) is 0 Å². The number of nitrogens with zero attached hydrogens (tertiary/aromatic N) is 1. The Morgan fingerprint density at radius 2 is 1.69 bits per heavy atom. The summed E-state index contributed by atoms with van der Waals surface area (Å²) in [5.41, 5.74) is -1.78. The summed E-state index contributed by atoms with van der Waals surface area (Å²) >= 11 is 0. The quantitative estimate of drug-likeness (QED) is 0.669. The standard InChI is InChI=1S/C13H25F2N/c1-11(2,3)10-7-13(15,8-14)9-16(10)12(4,5)6/h10H,7-9H2,1-6H3/t10?,13-/m0/s1. The lowest BCUT2D eigenvalue weighted by atomic mass is 9.82. The molecule has 1 fully saturated rings. The Hall–Kier alpha value is -0.180. The van der Waals surface area contributed by atoms with Gasteiger partial charge < -0.3 is 0 Å². The number of hydrogen-bond acceptors (Lipinski definition) is 1. The van der Waals surface area contributed by atoms with Crippen LogP contribution in [0, 0.1) is 5.41 Å². The number of halogens is 2. The Morgan fingerprint density at radius 3 is 1.94 bits per heavy atom. The van der Waals surface area contributed by atoms with Crippen molar-refractivity contribution in [1.82, 2.24) is 4.90 Å². The van der Waals surface area contributed by atoms with Gasteiger partial charge in [0.15, 0.2) is 5.67 Å². The van der Waals surface area contributed by atoms with Gasteiger partial charge in [-0.2, -0.15) is 0 Å². The van der Waals surface area contributed by atoms with Crippen LogP contribution in [0.5, 0.6) is 0 Å². The molecule has 0 aromatic carbocycles. The lowest BCUT2D eigenvalue weighted by molar-refractivity contribution is 0.0514. The van der Waals surface area contributed by atoms with Crippen molar-refractivity contribution in [2.75, 3.05) is 13.2 Å².